The maximum Gasteiger partial charge on any atom is 0.0473 e. The van der Waals surface area contributed by atoms with E-state index in [1.54, 1.807) is 0 Å². The van der Waals surface area contributed by atoms with Crippen molar-refractivity contribution in [3.63, 3.8) is 0 Å². The van der Waals surface area contributed by atoms with Crippen LogP contribution in [0.2, 0.25) is 0 Å². The van der Waals surface area contributed by atoms with Crippen LogP contribution in [0.4, 0.5) is 5.69 Å². The Bertz CT molecular complexity index is 416. The molecule has 0 atom stereocenters. The SMILES string of the molecule is Cc1c(N)cccc1Cn1cccc1. The quantitative estimate of drug-likeness (QED) is 0.717. The zero-order valence-electron chi connectivity index (χ0n) is 8.27. The number of rotatable bonds is 2. The molecule has 0 amide bonds. The van der Waals surface area contributed by atoms with Crippen molar-refractivity contribution in [1.82, 2.24) is 4.57 Å². The smallest absolute Gasteiger partial charge is 0.0473 e. The van der Waals surface area contributed by atoms with Crippen LogP contribution in [0.25, 0.3) is 0 Å². The normalized spacial score (nSPS) is 10.4. The molecule has 1 aromatic heterocycles. The van der Waals surface area contributed by atoms with Crippen molar-refractivity contribution >= 4 is 5.69 Å². The van der Waals surface area contributed by atoms with E-state index < -0.39 is 0 Å². The molecule has 0 aliphatic carbocycles. The first-order valence-corrected chi connectivity index (χ1v) is 4.72. The van der Waals surface area contributed by atoms with Gasteiger partial charge < -0.3 is 10.3 Å². The Hall–Kier alpha value is -1.70. The third-order valence-corrected chi connectivity index (χ3v) is 2.51. The standard InChI is InChI=1S/C12H14N2/c1-10-11(5-4-6-12(10)13)9-14-7-2-3-8-14/h2-8H,9,13H2,1H3. The Balaban J connectivity index is 2.29. The maximum absolute atomic E-state index is 5.84. The van der Waals surface area contributed by atoms with Crippen LogP contribution in [0, 0.1) is 6.92 Å². The Kier molecular flexibility index (Phi) is 2.27. The molecule has 2 heteroatoms. The van der Waals surface area contributed by atoms with E-state index in [1.807, 2.05) is 24.3 Å². The molecule has 0 radical (unpaired) electrons. The van der Waals surface area contributed by atoms with E-state index in [0.717, 1.165) is 12.2 Å². The van der Waals surface area contributed by atoms with Crippen molar-refractivity contribution in [1.29, 1.82) is 0 Å². The fourth-order valence-corrected chi connectivity index (χ4v) is 1.55. The summed E-state index contributed by atoms with van der Waals surface area (Å²) in [6.07, 6.45) is 4.12. The summed E-state index contributed by atoms with van der Waals surface area (Å²) in [6, 6.07) is 10.1. The van der Waals surface area contributed by atoms with Crippen LogP contribution in [-0.4, -0.2) is 4.57 Å². The number of hydrogen-bond donors (Lipinski definition) is 1. The van der Waals surface area contributed by atoms with Gasteiger partial charge in [-0.1, -0.05) is 12.1 Å². The summed E-state index contributed by atoms with van der Waals surface area (Å²) >= 11 is 0. The van der Waals surface area contributed by atoms with Gasteiger partial charge in [0.2, 0.25) is 0 Å². The van der Waals surface area contributed by atoms with Gasteiger partial charge in [0.1, 0.15) is 0 Å². The van der Waals surface area contributed by atoms with Gasteiger partial charge in [0.15, 0.2) is 0 Å². The summed E-state index contributed by atoms with van der Waals surface area (Å²) in [7, 11) is 0. The third kappa shape index (κ3) is 1.64. The minimum atomic E-state index is 0.870. The molecule has 2 nitrogen and oxygen atoms in total. The fraction of sp³-hybridized carbons (Fsp3) is 0.167. The molecule has 2 N–H and O–H groups in total. The van der Waals surface area contributed by atoms with E-state index in [2.05, 4.69) is 30.0 Å². The van der Waals surface area contributed by atoms with E-state index >= 15 is 0 Å². The molecule has 0 aliphatic heterocycles. The van der Waals surface area contributed by atoms with Crippen molar-refractivity contribution in [2.45, 2.75) is 13.5 Å². The molecule has 72 valence electrons. The average Bonchev–Trinajstić information content (AvgIpc) is 2.66. The number of nitrogen functional groups attached to an aromatic ring is 1. The lowest BCUT2D eigenvalue weighted by atomic mass is 10.1. The molecule has 2 aromatic rings. The zero-order valence-corrected chi connectivity index (χ0v) is 8.27. The van der Waals surface area contributed by atoms with E-state index in [1.165, 1.54) is 11.1 Å². The molecule has 0 saturated heterocycles. The lowest BCUT2D eigenvalue weighted by Gasteiger charge is -2.08. The molecule has 0 unspecified atom stereocenters. The predicted octanol–water partition coefficient (Wildman–Crippen LogP) is 2.43. The Labute approximate surface area is 84.0 Å². The molecule has 1 aromatic carbocycles. The lowest BCUT2D eigenvalue weighted by Crippen LogP contribution is -2.00. The number of nitrogens with zero attached hydrogens (tertiary/aromatic N) is 1. The van der Waals surface area contributed by atoms with Gasteiger partial charge in [-0.05, 0) is 36.2 Å². The van der Waals surface area contributed by atoms with E-state index in [4.69, 9.17) is 5.73 Å². The first kappa shape index (κ1) is 8.88. The summed E-state index contributed by atoms with van der Waals surface area (Å²) in [5, 5.41) is 0. The van der Waals surface area contributed by atoms with Crippen LogP contribution < -0.4 is 5.73 Å². The Morgan fingerprint density at radius 3 is 2.57 bits per heavy atom. The second-order valence-electron chi connectivity index (χ2n) is 3.49. The van der Waals surface area contributed by atoms with Crippen LogP contribution in [-0.2, 0) is 6.54 Å². The van der Waals surface area contributed by atoms with Gasteiger partial charge in [-0.2, -0.15) is 0 Å². The number of anilines is 1. The monoisotopic (exact) mass is 186 g/mol. The summed E-state index contributed by atoms with van der Waals surface area (Å²) in [5.41, 5.74) is 9.17. The van der Waals surface area contributed by atoms with E-state index in [-0.39, 0.29) is 0 Å². The van der Waals surface area contributed by atoms with E-state index in [0.29, 0.717) is 0 Å². The summed E-state index contributed by atoms with van der Waals surface area (Å²) in [6.45, 7) is 2.96. The third-order valence-electron chi connectivity index (χ3n) is 2.51. The zero-order chi connectivity index (χ0) is 9.97. The van der Waals surface area contributed by atoms with Crippen molar-refractivity contribution in [2.24, 2.45) is 0 Å². The van der Waals surface area contributed by atoms with Gasteiger partial charge in [-0.25, -0.2) is 0 Å². The molecule has 0 saturated carbocycles. The lowest BCUT2D eigenvalue weighted by molar-refractivity contribution is 0.801. The van der Waals surface area contributed by atoms with Gasteiger partial charge in [0.05, 0.1) is 0 Å². The highest BCUT2D eigenvalue weighted by atomic mass is 14.9. The second kappa shape index (κ2) is 3.58. The van der Waals surface area contributed by atoms with Gasteiger partial charge in [-0.3, -0.25) is 0 Å². The molecule has 14 heavy (non-hydrogen) atoms. The number of hydrogen-bond acceptors (Lipinski definition) is 1. The van der Waals surface area contributed by atoms with Crippen LogP contribution in [0.15, 0.2) is 42.7 Å². The van der Waals surface area contributed by atoms with Crippen LogP contribution in [0.5, 0.6) is 0 Å². The topological polar surface area (TPSA) is 30.9 Å². The first-order chi connectivity index (χ1) is 6.77. The number of aromatic nitrogens is 1. The van der Waals surface area contributed by atoms with Crippen molar-refractivity contribution in [3.8, 4) is 0 Å². The van der Waals surface area contributed by atoms with Crippen LogP contribution in [0.1, 0.15) is 11.1 Å². The van der Waals surface area contributed by atoms with Gasteiger partial charge in [0.25, 0.3) is 0 Å². The second-order valence-corrected chi connectivity index (χ2v) is 3.49. The number of benzene rings is 1. The highest BCUT2D eigenvalue weighted by molar-refractivity contribution is 5.49. The summed E-state index contributed by atoms with van der Waals surface area (Å²) < 4.78 is 2.14. The van der Waals surface area contributed by atoms with Crippen LogP contribution in [0.3, 0.4) is 0 Å². The molecule has 0 bridgehead atoms. The van der Waals surface area contributed by atoms with Crippen LogP contribution >= 0.6 is 0 Å². The van der Waals surface area contributed by atoms with Gasteiger partial charge in [-0.15, -0.1) is 0 Å². The highest BCUT2D eigenvalue weighted by Gasteiger charge is 2.00. The van der Waals surface area contributed by atoms with Crippen molar-refractivity contribution in [2.75, 3.05) is 5.73 Å². The van der Waals surface area contributed by atoms with Crippen molar-refractivity contribution < 1.29 is 0 Å². The largest absolute Gasteiger partial charge is 0.399 e. The molecule has 2 rings (SSSR count). The Morgan fingerprint density at radius 1 is 1.14 bits per heavy atom. The van der Waals surface area contributed by atoms with Gasteiger partial charge in [0, 0.05) is 24.6 Å². The maximum atomic E-state index is 5.84. The minimum Gasteiger partial charge on any atom is -0.399 e. The number of nitrogens with two attached hydrogens (primary N) is 1. The molecule has 0 aliphatic rings. The predicted molar refractivity (Wildman–Crippen MR) is 59.1 cm³/mol. The molecule has 1 heterocycles. The van der Waals surface area contributed by atoms with Gasteiger partial charge >= 0.3 is 0 Å². The van der Waals surface area contributed by atoms with Crippen molar-refractivity contribution in [3.05, 3.63) is 53.9 Å². The minimum absolute atomic E-state index is 0.870. The summed E-state index contributed by atoms with van der Waals surface area (Å²) in [5.74, 6) is 0. The molecule has 0 spiro atoms. The highest BCUT2D eigenvalue weighted by Crippen LogP contribution is 2.16. The molecule has 0 fully saturated rings. The molecular formula is C12H14N2. The fourth-order valence-electron chi connectivity index (χ4n) is 1.55. The molecular weight excluding hydrogens is 172 g/mol. The van der Waals surface area contributed by atoms with E-state index in [9.17, 15) is 0 Å². The first-order valence-electron chi connectivity index (χ1n) is 4.72. The Morgan fingerprint density at radius 2 is 1.86 bits per heavy atom. The summed E-state index contributed by atoms with van der Waals surface area (Å²) in [4.78, 5) is 0. The average molecular weight is 186 g/mol.